The molecule has 0 atom stereocenters. The van der Waals surface area contributed by atoms with E-state index in [9.17, 15) is 9.59 Å². The summed E-state index contributed by atoms with van der Waals surface area (Å²) in [6, 6.07) is 11.4. The van der Waals surface area contributed by atoms with Gasteiger partial charge in [0.25, 0.3) is 5.91 Å². The lowest BCUT2D eigenvalue weighted by molar-refractivity contribution is -0.119. The third kappa shape index (κ3) is 4.67. The van der Waals surface area contributed by atoms with Gasteiger partial charge in [0, 0.05) is 12.1 Å². The summed E-state index contributed by atoms with van der Waals surface area (Å²) in [7, 11) is 4.28. The van der Waals surface area contributed by atoms with Crippen molar-refractivity contribution in [3.63, 3.8) is 0 Å². The van der Waals surface area contributed by atoms with E-state index in [0.717, 1.165) is 0 Å². The van der Waals surface area contributed by atoms with Gasteiger partial charge in [0.15, 0.2) is 18.1 Å². The standard InChI is InChI=1S/C19H18N2O6/c1-24-15-9-17(26-3)16(25-2)8-13(15)19(23)27-11-18(22)21-14-7-5-4-6-12(14)10-20/h4-9H,11H2,1-3H3,(H,21,22). The summed E-state index contributed by atoms with van der Waals surface area (Å²) in [6.07, 6.45) is 0. The molecule has 2 aromatic rings. The molecule has 1 amide bonds. The second-order valence-electron chi connectivity index (χ2n) is 5.19. The van der Waals surface area contributed by atoms with E-state index in [-0.39, 0.29) is 11.3 Å². The average Bonchev–Trinajstić information content (AvgIpc) is 2.71. The molecule has 140 valence electrons. The number of esters is 1. The van der Waals surface area contributed by atoms with Crippen LogP contribution in [-0.2, 0) is 9.53 Å². The number of nitrogens with zero attached hydrogens (tertiary/aromatic N) is 1. The molecule has 0 aliphatic rings. The SMILES string of the molecule is COc1cc(OC)c(C(=O)OCC(=O)Nc2ccccc2C#N)cc1OC. The van der Waals surface area contributed by atoms with Crippen molar-refractivity contribution < 1.29 is 28.5 Å². The molecule has 0 aliphatic carbocycles. The van der Waals surface area contributed by atoms with Crippen LogP contribution in [0.3, 0.4) is 0 Å². The van der Waals surface area contributed by atoms with Crippen LogP contribution in [0.1, 0.15) is 15.9 Å². The topological polar surface area (TPSA) is 107 Å². The minimum absolute atomic E-state index is 0.0837. The van der Waals surface area contributed by atoms with Gasteiger partial charge >= 0.3 is 5.97 Å². The molecule has 0 aliphatic heterocycles. The van der Waals surface area contributed by atoms with Crippen LogP contribution in [0.2, 0.25) is 0 Å². The molecule has 27 heavy (non-hydrogen) atoms. The number of hydrogen-bond acceptors (Lipinski definition) is 7. The molecule has 0 heterocycles. The number of nitrogens with one attached hydrogen (secondary N) is 1. The van der Waals surface area contributed by atoms with E-state index in [1.54, 1.807) is 24.3 Å². The van der Waals surface area contributed by atoms with Gasteiger partial charge in [-0.05, 0) is 12.1 Å². The van der Waals surface area contributed by atoms with Gasteiger partial charge in [-0.3, -0.25) is 4.79 Å². The van der Waals surface area contributed by atoms with Crippen molar-refractivity contribution in [1.29, 1.82) is 5.26 Å². The minimum Gasteiger partial charge on any atom is -0.496 e. The number of carbonyl (C=O) groups excluding carboxylic acids is 2. The Hall–Kier alpha value is -3.73. The quantitative estimate of drug-likeness (QED) is 0.746. The molecular weight excluding hydrogens is 352 g/mol. The van der Waals surface area contributed by atoms with Crippen molar-refractivity contribution in [3.8, 4) is 23.3 Å². The van der Waals surface area contributed by atoms with Crippen LogP contribution in [0.4, 0.5) is 5.69 Å². The Labute approximate surface area is 156 Å². The zero-order valence-corrected chi connectivity index (χ0v) is 15.1. The van der Waals surface area contributed by atoms with Gasteiger partial charge in [0.1, 0.15) is 17.4 Å². The molecule has 0 saturated carbocycles. The minimum atomic E-state index is -0.767. The molecule has 0 aromatic heterocycles. The zero-order valence-electron chi connectivity index (χ0n) is 15.1. The Balaban J connectivity index is 2.09. The van der Waals surface area contributed by atoms with Crippen molar-refractivity contribution >= 4 is 17.6 Å². The predicted molar refractivity (Wildman–Crippen MR) is 96.2 cm³/mol. The summed E-state index contributed by atoms with van der Waals surface area (Å²) < 4.78 is 20.5. The van der Waals surface area contributed by atoms with Crippen LogP contribution in [0.15, 0.2) is 36.4 Å². The molecule has 0 bridgehead atoms. The Morgan fingerprint density at radius 1 is 1.00 bits per heavy atom. The molecule has 0 unspecified atom stereocenters. The highest BCUT2D eigenvalue weighted by molar-refractivity contribution is 5.97. The number of para-hydroxylation sites is 1. The zero-order chi connectivity index (χ0) is 19.8. The molecule has 2 rings (SSSR count). The van der Waals surface area contributed by atoms with Crippen LogP contribution < -0.4 is 19.5 Å². The van der Waals surface area contributed by atoms with E-state index in [2.05, 4.69) is 5.32 Å². The second-order valence-corrected chi connectivity index (χ2v) is 5.19. The van der Waals surface area contributed by atoms with Crippen molar-refractivity contribution in [2.45, 2.75) is 0 Å². The predicted octanol–water partition coefficient (Wildman–Crippen LogP) is 2.38. The highest BCUT2D eigenvalue weighted by Crippen LogP contribution is 2.34. The van der Waals surface area contributed by atoms with E-state index in [4.69, 9.17) is 24.2 Å². The first kappa shape index (κ1) is 19.6. The van der Waals surface area contributed by atoms with E-state index < -0.39 is 18.5 Å². The second kappa shape index (κ2) is 9.10. The first-order valence-corrected chi connectivity index (χ1v) is 7.80. The molecule has 0 radical (unpaired) electrons. The van der Waals surface area contributed by atoms with E-state index >= 15 is 0 Å². The van der Waals surface area contributed by atoms with Crippen molar-refractivity contribution in [2.75, 3.05) is 33.3 Å². The molecule has 0 spiro atoms. The highest BCUT2D eigenvalue weighted by Gasteiger charge is 2.20. The van der Waals surface area contributed by atoms with Gasteiger partial charge in [-0.1, -0.05) is 12.1 Å². The number of anilines is 1. The molecule has 8 heteroatoms. The maximum Gasteiger partial charge on any atom is 0.342 e. The number of nitriles is 1. The lowest BCUT2D eigenvalue weighted by atomic mass is 10.1. The lowest BCUT2D eigenvalue weighted by Crippen LogP contribution is -2.21. The number of hydrogen-bond donors (Lipinski definition) is 1. The third-order valence-electron chi connectivity index (χ3n) is 3.58. The summed E-state index contributed by atoms with van der Waals surface area (Å²) in [5.74, 6) is -0.427. The summed E-state index contributed by atoms with van der Waals surface area (Å²) in [5, 5.41) is 11.5. The Kier molecular flexibility index (Phi) is 6.61. The Bertz CT molecular complexity index is 888. The maximum atomic E-state index is 12.3. The highest BCUT2D eigenvalue weighted by atomic mass is 16.5. The van der Waals surface area contributed by atoms with E-state index in [1.165, 1.54) is 33.5 Å². The lowest BCUT2D eigenvalue weighted by Gasteiger charge is -2.13. The smallest absolute Gasteiger partial charge is 0.342 e. The van der Waals surface area contributed by atoms with Gasteiger partial charge in [-0.15, -0.1) is 0 Å². The summed E-state index contributed by atoms with van der Waals surface area (Å²) in [4.78, 5) is 24.4. The average molecular weight is 370 g/mol. The van der Waals surface area contributed by atoms with Crippen LogP contribution >= 0.6 is 0 Å². The van der Waals surface area contributed by atoms with Gasteiger partial charge < -0.3 is 24.3 Å². The number of carbonyl (C=O) groups is 2. The number of methoxy groups -OCH3 is 3. The Morgan fingerprint density at radius 2 is 1.63 bits per heavy atom. The fraction of sp³-hybridized carbons (Fsp3) is 0.211. The van der Waals surface area contributed by atoms with E-state index in [0.29, 0.717) is 22.7 Å². The number of rotatable bonds is 7. The largest absolute Gasteiger partial charge is 0.496 e. The van der Waals surface area contributed by atoms with Crippen LogP contribution in [-0.4, -0.2) is 39.8 Å². The van der Waals surface area contributed by atoms with Crippen molar-refractivity contribution in [1.82, 2.24) is 0 Å². The first-order valence-electron chi connectivity index (χ1n) is 7.80. The van der Waals surface area contributed by atoms with Gasteiger partial charge in [0.05, 0.1) is 32.6 Å². The van der Waals surface area contributed by atoms with Crippen molar-refractivity contribution in [2.24, 2.45) is 0 Å². The summed E-state index contributed by atoms with van der Waals surface area (Å²) in [5.41, 5.74) is 0.726. The molecule has 8 nitrogen and oxygen atoms in total. The van der Waals surface area contributed by atoms with Crippen LogP contribution in [0.25, 0.3) is 0 Å². The number of benzene rings is 2. The molecular formula is C19H18N2O6. The Morgan fingerprint density at radius 3 is 2.26 bits per heavy atom. The summed E-state index contributed by atoms with van der Waals surface area (Å²) in [6.45, 7) is -0.532. The summed E-state index contributed by atoms with van der Waals surface area (Å²) >= 11 is 0. The van der Waals surface area contributed by atoms with Crippen LogP contribution in [0, 0.1) is 11.3 Å². The van der Waals surface area contributed by atoms with E-state index in [1.807, 2.05) is 6.07 Å². The van der Waals surface area contributed by atoms with Gasteiger partial charge in [0.2, 0.25) is 0 Å². The third-order valence-corrected chi connectivity index (χ3v) is 3.58. The van der Waals surface area contributed by atoms with Crippen molar-refractivity contribution in [3.05, 3.63) is 47.5 Å². The molecule has 0 fully saturated rings. The van der Waals surface area contributed by atoms with Crippen LogP contribution in [0.5, 0.6) is 17.2 Å². The fourth-order valence-corrected chi connectivity index (χ4v) is 2.27. The monoisotopic (exact) mass is 370 g/mol. The first-order chi connectivity index (χ1) is 13.0. The normalized spacial score (nSPS) is 9.70. The molecule has 2 aromatic carbocycles. The molecule has 1 N–H and O–H groups in total. The number of amides is 1. The van der Waals surface area contributed by atoms with Gasteiger partial charge in [-0.2, -0.15) is 5.26 Å². The number of ether oxygens (including phenoxy) is 4. The van der Waals surface area contributed by atoms with Gasteiger partial charge in [-0.25, -0.2) is 4.79 Å². The maximum absolute atomic E-state index is 12.3. The molecule has 0 saturated heterocycles. The fourth-order valence-electron chi connectivity index (χ4n) is 2.27.